The topological polar surface area (TPSA) is 47.6 Å². The number of halogens is 3. The summed E-state index contributed by atoms with van der Waals surface area (Å²) in [7, 11) is 0. The van der Waals surface area contributed by atoms with E-state index in [-0.39, 0.29) is 17.9 Å². The Bertz CT molecular complexity index is 849. The van der Waals surface area contributed by atoms with Crippen molar-refractivity contribution in [2.45, 2.75) is 32.4 Å². The van der Waals surface area contributed by atoms with Gasteiger partial charge in [-0.25, -0.2) is 0 Å². The highest BCUT2D eigenvalue weighted by Crippen LogP contribution is 2.46. The van der Waals surface area contributed by atoms with Gasteiger partial charge in [-0.3, -0.25) is 4.79 Å². The lowest BCUT2D eigenvalue weighted by Gasteiger charge is -2.29. The average molecular weight is 379 g/mol. The van der Waals surface area contributed by atoms with Gasteiger partial charge in [-0.15, -0.1) is 0 Å². The predicted molar refractivity (Wildman–Crippen MR) is 95.3 cm³/mol. The third-order valence-electron chi connectivity index (χ3n) is 4.40. The molecule has 0 radical (unpaired) electrons. The second-order valence-corrected chi connectivity index (χ2v) is 6.14. The van der Waals surface area contributed by atoms with Crippen molar-refractivity contribution < 1.29 is 27.4 Å². The summed E-state index contributed by atoms with van der Waals surface area (Å²) in [5.41, 5.74) is 0.369. The van der Waals surface area contributed by atoms with Crippen LogP contribution >= 0.6 is 0 Å². The standard InChI is InChI=1S/C20H20F3NO3/c1-3-26-17-9-14-13(12-7-5-6-8-15(12)20(21,22)23)10-19(25)24-16(14)11-18(17)27-4-2/h5-9,11,13H,3-4,10H2,1-2H3,(H,24,25)/t13-/m1/s1. The normalized spacial score (nSPS) is 16.5. The summed E-state index contributed by atoms with van der Waals surface area (Å²) < 4.78 is 51.6. The number of anilines is 1. The molecule has 4 nitrogen and oxygen atoms in total. The number of fused-ring (bicyclic) bond motifs is 1. The van der Waals surface area contributed by atoms with Gasteiger partial charge in [0.15, 0.2) is 11.5 Å². The summed E-state index contributed by atoms with van der Waals surface area (Å²) >= 11 is 0. The van der Waals surface area contributed by atoms with E-state index in [1.165, 1.54) is 12.1 Å². The summed E-state index contributed by atoms with van der Waals surface area (Å²) in [4.78, 5) is 12.2. The van der Waals surface area contributed by atoms with Crippen LogP contribution in [-0.2, 0) is 11.0 Å². The van der Waals surface area contributed by atoms with Gasteiger partial charge in [-0.05, 0) is 37.1 Å². The Morgan fingerprint density at radius 2 is 1.67 bits per heavy atom. The van der Waals surface area contributed by atoms with Crippen LogP contribution in [-0.4, -0.2) is 19.1 Å². The summed E-state index contributed by atoms with van der Waals surface area (Å²) in [5.74, 6) is -0.163. The molecule has 1 heterocycles. The maximum absolute atomic E-state index is 13.5. The average Bonchev–Trinajstić information content (AvgIpc) is 2.61. The van der Waals surface area contributed by atoms with Crippen molar-refractivity contribution >= 4 is 11.6 Å². The number of carbonyl (C=O) groups is 1. The second-order valence-electron chi connectivity index (χ2n) is 6.14. The maximum atomic E-state index is 13.5. The quantitative estimate of drug-likeness (QED) is 0.797. The molecule has 2 aromatic rings. The maximum Gasteiger partial charge on any atom is 0.416 e. The minimum atomic E-state index is -4.50. The van der Waals surface area contributed by atoms with E-state index in [4.69, 9.17) is 9.47 Å². The van der Waals surface area contributed by atoms with E-state index >= 15 is 0 Å². The summed E-state index contributed by atoms with van der Waals surface area (Å²) in [6.45, 7) is 4.41. The third kappa shape index (κ3) is 3.86. The van der Waals surface area contributed by atoms with E-state index in [9.17, 15) is 18.0 Å². The monoisotopic (exact) mass is 379 g/mol. The highest BCUT2D eigenvalue weighted by molar-refractivity contribution is 5.96. The first-order valence-corrected chi connectivity index (χ1v) is 8.74. The number of carbonyl (C=O) groups excluding carboxylic acids is 1. The number of benzene rings is 2. The Labute approximate surface area is 155 Å². The van der Waals surface area contributed by atoms with E-state index in [0.717, 1.165) is 6.07 Å². The molecule has 0 fully saturated rings. The van der Waals surface area contributed by atoms with Crippen LogP contribution in [0.3, 0.4) is 0 Å². The molecule has 0 aliphatic carbocycles. The molecular formula is C20H20F3NO3. The molecule has 0 saturated heterocycles. The van der Waals surface area contributed by atoms with Gasteiger partial charge in [0.05, 0.1) is 18.8 Å². The van der Waals surface area contributed by atoms with Crippen LogP contribution in [0.2, 0.25) is 0 Å². The minimum Gasteiger partial charge on any atom is -0.490 e. The van der Waals surface area contributed by atoms with Crippen LogP contribution in [0.25, 0.3) is 0 Å². The Kier molecular flexibility index (Phi) is 5.30. The predicted octanol–water partition coefficient (Wildman–Crippen LogP) is 4.98. The van der Waals surface area contributed by atoms with Crippen molar-refractivity contribution in [2.24, 2.45) is 0 Å². The van der Waals surface area contributed by atoms with E-state index < -0.39 is 17.7 Å². The largest absolute Gasteiger partial charge is 0.490 e. The fraction of sp³-hybridized carbons (Fsp3) is 0.350. The van der Waals surface area contributed by atoms with Crippen molar-refractivity contribution in [2.75, 3.05) is 18.5 Å². The van der Waals surface area contributed by atoms with Gasteiger partial charge in [0.25, 0.3) is 0 Å². The van der Waals surface area contributed by atoms with Crippen molar-refractivity contribution in [1.29, 1.82) is 0 Å². The lowest BCUT2D eigenvalue weighted by atomic mass is 9.82. The van der Waals surface area contributed by atoms with Crippen LogP contribution in [0.4, 0.5) is 18.9 Å². The van der Waals surface area contributed by atoms with Crippen LogP contribution in [0.1, 0.15) is 42.9 Å². The van der Waals surface area contributed by atoms with E-state index in [0.29, 0.717) is 36.0 Å². The van der Waals surface area contributed by atoms with Gasteiger partial charge >= 0.3 is 6.18 Å². The van der Waals surface area contributed by atoms with Gasteiger partial charge in [-0.2, -0.15) is 13.2 Å². The summed E-state index contributed by atoms with van der Waals surface area (Å²) in [6, 6.07) is 8.64. The van der Waals surface area contributed by atoms with Crippen LogP contribution in [0.15, 0.2) is 36.4 Å². The Balaban J connectivity index is 2.16. The number of nitrogens with one attached hydrogen (secondary N) is 1. The third-order valence-corrected chi connectivity index (χ3v) is 4.40. The SMILES string of the molecule is CCOc1cc2c(cc1OCC)[C@@H](c1ccccc1C(F)(F)F)CC(=O)N2. The highest BCUT2D eigenvalue weighted by atomic mass is 19.4. The molecule has 0 unspecified atom stereocenters. The van der Waals surface area contributed by atoms with Gasteiger partial charge in [0.1, 0.15) is 0 Å². The first-order chi connectivity index (χ1) is 12.8. The zero-order valence-electron chi connectivity index (χ0n) is 15.0. The molecular weight excluding hydrogens is 359 g/mol. The molecule has 144 valence electrons. The second kappa shape index (κ2) is 7.50. The number of amides is 1. The van der Waals surface area contributed by atoms with E-state index in [2.05, 4.69) is 5.32 Å². The van der Waals surface area contributed by atoms with Gasteiger partial charge in [-0.1, -0.05) is 18.2 Å². The molecule has 27 heavy (non-hydrogen) atoms. The highest BCUT2D eigenvalue weighted by Gasteiger charge is 2.38. The number of alkyl halides is 3. The van der Waals surface area contributed by atoms with Crippen LogP contribution in [0.5, 0.6) is 11.5 Å². The molecule has 2 aromatic carbocycles. The minimum absolute atomic E-state index is 0.0698. The zero-order chi connectivity index (χ0) is 19.6. The number of ether oxygens (including phenoxy) is 2. The molecule has 3 rings (SSSR count). The molecule has 1 aliphatic rings. The Morgan fingerprint density at radius 3 is 2.30 bits per heavy atom. The number of hydrogen-bond acceptors (Lipinski definition) is 3. The molecule has 1 aliphatic heterocycles. The van der Waals surface area contributed by atoms with Crippen molar-refractivity contribution in [3.63, 3.8) is 0 Å². The lowest BCUT2D eigenvalue weighted by Crippen LogP contribution is -2.25. The van der Waals surface area contributed by atoms with Gasteiger partial charge < -0.3 is 14.8 Å². The zero-order valence-corrected chi connectivity index (χ0v) is 15.0. The first kappa shape index (κ1) is 19.1. The fourth-order valence-electron chi connectivity index (χ4n) is 3.34. The Morgan fingerprint density at radius 1 is 1.04 bits per heavy atom. The van der Waals surface area contributed by atoms with Crippen molar-refractivity contribution in [3.05, 3.63) is 53.1 Å². The molecule has 7 heteroatoms. The summed E-state index contributed by atoms with van der Waals surface area (Å²) in [5, 5.41) is 2.73. The molecule has 0 spiro atoms. The van der Waals surface area contributed by atoms with Gasteiger partial charge in [0, 0.05) is 24.1 Å². The van der Waals surface area contributed by atoms with Crippen LogP contribution in [0, 0.1) is 0 Å². The fourth-order valence-corrected chi connectivity index (χ4v) is 3.34. The number of hydrogen-bond donors (Lipinski definition) is 1. The molecule has 1 N–H and O–H groups in total. The molecule has 0 aromatic heterocycles. The molecule has 1 atom stereocenters. The molecule has 1 amide bonds. The Hall–Kier alpha value is -2.70. The lowest BCUT2D eigenvalue weighted by molar-refractivity contribution is -0.138. The molecule has 0 bridgehead atoms. The van der Waals surface area contributed by atoms with Crippen molar-refractivity contribution in [1.82, 2.24) is 0 Å². The van der Waals surface area contributed by atoms with Crippen molar-refractivity contribution in [3.8, 4) is 11.5 Å². The van der Waals surface area contributed by atoms with Crippen LogP contribution < -0.4 is 14.8 Å². The molecule has 0 saturated carbocycles. The van der Waals surface area contributed by atoms with Gasteiger partial charge in [0.2, 0.25) is 5.91 Å². The smallest absolute Gasteiger partial charge is 0.416 e. The number of rotatable bonds is 5. The van der Waals surface area contributed by atoms with E-state index in [1.807, 2.05) is 13.8 Å². The first-order valence-electron chi connectivity index (χ1n) is 8.74. The summed E-state index contributed by atoms with van der Waals surface area (Å²) in [6.07, 6.45) is -4.57. The van der Waals surface area contributed by atoms with E-state index in [1.54, 1.807) is 18.2 Å².